The SMILES string of the molecule is O=C1C=C[C@H]2O[C@@H]1C[C@H]2N1C(=O)OC[C@H]1c1ccccc1. The highest BCUT2D eigenvalue weighted by molar-refractivity contribution is 5.95. The quantitative estimate of drug-likeness (QED) is 0.832. The van der Waals surface area contributed by atoms with Gasteiger partial charge in [-0.3, -0.25) is 9.69 Å². The Labute approximate surface area is 122 Å². The molecule has 0 spiro atoms. The Bertz CT molecular complexity index is 612. The molecule has 2 bridgehead atoms. The second-order valence-corrected chi connectivity index (χ2v) is 5.56. The van der Waals surface area contributed by atoms with E-state index >= 15 is 0 Å². The highest BCUT2D eigenvalue weighted by Crippen LogP contribution is 2.38. The van der Waals surface area contributed by atoms with Crippen LogP contribution in [0.3, 0.4) is 0 Å². The summed E-state index contributed by atoms with van der Waals surface area (Å²) in [6.07, 6.45) is 2.89. The average molecular weight is 285 g/mol. The lowest BCUT2D eigenvalue weighted by molar-refractivity contribution is -0.125. The maximum atomic E-state index is 12.2. The topological polar surface area (TPSA) is 55.8 Å². The molecule has 4 rings (SSSR count). The van der Waals surface area contributed by atoms with Crippen LogP contribution in [-0.2, 0) is 14.3 Å². The monoisotopic (exact) mass is 285 g/mol. The number of amides is 1. The Morgan fingerprint density at radius 2 is 1.95 bits per heavy atom. The van der Waals surface area contributed by atoms with Crippen molar-refractivity contribution in [1.82, 2.24) is 4.90 Å². The Morgan fingerprint density at radius 1 is 1.14 bits per heavy atom. The number of fused-ring (bicyclic) bond motifs is 2. The molecule has 0 radical (unpaired) electrons. The average Bonchev–Trinajstić information content (AvgIpc) is 3.05. The second kappa shape index (κ2) is 4.70. The first-order valence-electron chi connectivity index (χ1n) is 7.11. The molecule has 108 valence electrons. The summed E-state index contributed by atoms with van der Waals surface area (Å²) in [6.45, 7) is 0.342. The third-order valence-corrected chi connectivity index (χ3v) is 4.38. The van der Waals surface area contributed by atoms with Crippen molar-refractivity contribution in [3.63, 3.8) is 0 Å². The molecule has 21 heavy (non-hydrogen) atoms. The van der Waals surface area contributed by atoms with Crippen LogP contribution < -0.4 is 0 Å². The van der Waals surface area contributed by atoms with Crippen molar-refractivity contribution in [2.24, 2.45) is 0 Å². The van der Waals surface area contributed by atoms with Gasteiger partial charge in [-0.25, -0.2) is 4.79 Å². The van der Waals surface area contributed by atoms with Crippen LogP contribution in [0.2, 0.25) is 0 Å². The van der Waals surface area contributed by atoms with Gasteiger partial charge in [-0.1, -0.05) is 36.4 Å². The molecule has 2 fully saturated rings. The van der Waals surface area contributed by atoms with Gasteiger partial charge in [0.15, 0.2) is 5.78 Å². The summed E-state index contributed by atoms with van der Waals surface area (Å²) in [4.78, 5) is 25.6. The molecule has 3 heterocycles. The fourth-order valence-corrected chi connectivity index (χ4v) is 3.35. The molecule has 1 amide bonds. The van der Waals surface area contributed by atoms with Gasteiger partial charge in [0.2, 0.25) is 0 Å². The maximum absolute atomic E-state index is 12.2. The second-order valence-electron chi connectivity index (χ2n) is 5.56. The molecular formula is C16H15NO4. The van der Waals surface area contributed by atoms with Gasteiger partial charge < -0.3 is 9.47 Å². The van der Waals surface area contributed by atoms with Crippen molar-refractivity contribution in [3.8, 4) is 0 Å². The first-order chi connectivity index (χ1) is 10.2. The lowest BCUT2D eigenvalue weighted by Crippen LogP contribution is -2.42. The van der Waals surface area contributed by atoms with Gasteiger partial charge in [0.25, 0.3) is 0 Å². The summed E-state index contributed by atoms with van der Waals surface area (Å²) in [6, 6.07) is 9.56. The van der Waals surface area contributed by atoms with E-state index in [0.717, 1.165) is 5.56 Å². The minimum atomic E-state index is -0.421. The minimum Gasteiger partial charge on any atom is -0.447 e. The number of benzene rings is 1. The number of carbonyl (C=O) groups is 2. The highest BCUT2D eigenvalue weighted by Gasteiger charge is 2.49. The predicted molar refractivity (Wildman–Crippen MR) is 73.6 cm³/mol. The van der Waals surface area contributed by atoms with E-state index in [-0.39, 0.29) is 30.1 Å². The predicted octanol–water partition coefficient (Wildman–Crippen LogP) is 1.84. The molecule has 4 atom stereocenters. The number of rotatable bonds is 2. The largest absolute Gasteiger partial charge is 0.447 e. The Kier molecular flexibility index (Phi) is 2.82. The fourth-order valence-electron chi connectivity index (χ4n) is 3.35. The fraction of sp³-hybridized carbons (Fsp3) is 0.375. The number of carbonyl (C=O) groups excluding carboxylic acids is 2. The van der Waals surface area contributed by atoms with E-state index in [4.69, 9.17) is 9.47 Å². The molecule has 2 saturated heterocycles. The van der Waals surface area contributed by atoms with Crippen LogP contribution in [0.15, 0.2) is 42.5 Å². The van der Waals surface area contributed by atoms with Crippen molar-refractivity contribution < 1.29 is 19.1 Å². The number of ketones is 1. The smallest absolute Gasteiger partial charge is 0.410 e. The normalized spacial score (nSPS) is 34.4. The van der Waals surface area contributed by atoms with Crippen molar-refractivity contribution >= 4 is 11.9 Å². The van der Waals surface area contributed by atoms with Gasteiger partial charge in [-0.15, -0.1) is 0 Å². The van der Waals surface area contributed by atoms with Gasteiger partial charge in [0.05, 0.1) is 18.2 Å². The molecule has 1 aromatic carbocycles. The molecule has 0 saturated carbocycles. The highest BCUT2D eigenvalue weighted by atomic mass is 16.6. The molecule has 1 aromatic rings. The summed E-state index contributed by atoms with van der Waals surface area (Å²) in [5, 5.41) is 0. The first-order valence-corrected chi connectivity index (χ1v) is 7.11. The summed E-state index contributed by atoms with van der Waals surface area (Å²) < 4.78 is 10.9. The molecule has 5 heteroatoms. The van der Waals surface area contributed by atoms with Crippen molar-refractivity contribution in [3.05, 3.63) is 48.0 Å². The van der Waals surface area contributed by atoms with Crippen LogP contribution in [0.25, 0.3) is 0 Å². The van der Waals surface area contributed by atoms with Crippen molar-refractivity contribution in [2.75, 3.05) is 6.61 Å². The first kappa shape index (κ1) is 12.6. The molecule has 0 unspecified atom stereocenters. The maximum Gasteiger partial charge on any atom is 0.410 e. The summed E-state index contributed by atoms with van der Waals surface area (Å²) in [5.74, 6) is -0.0161. The lowest BCUT2D eigenvalue weighted by atomic mass is 10.0. The number of nitrogens with zero attached hydrogens (tertiary/aromatic N) is 1. The van der Waals surface area contributed by atoms with E-state index in [1.54, 1.807) is 17.1 Å². The minimum absolute atomic E-state index is 0.0161. The van der Waals surface area contributed by atoms with Crippen LogP contribution in [0.4, 0.5) is 4.79 Å². The number of hydrogen-bond acceptors (Lipinski definition) is 4. The number of hydrogen-bond donors (Lipinski definition) is 0. The lowest BCUT2D eigenvalue weighted by Gasteiger charge is -2.29. The van der Waals surface area contributed by atoms with E-state index in [2.05, 4.69) is 0 Å². The Balaban J connectivity index is 1.65. The van der Waals surface area contributed by atoms with Crippen LogP contribution in [0.1, 0.15) is 18.0 Å². The standard InChI is InChI=1S/C16H15NO4/c18-13-6-7-14-11(8-15(13)21-14)17-12(9-20-16(17)19)10-4-2-1-3-5-10/h1-7,11-12,14-15H,8-9H2/t11-,12+,14-,15-/m1/s1. The zero-order valence-electron chi connectivity index (χ0n) is 11.3. The van der Waals surface area contributed by atoms with Crippen molar-refractivity contribution in [1.29, 1.82) is 0 Å². The molecule has 0 N–H and O–H groups in total. The van der Waals surface area contributed by atoms with Crippen LogP contribution in [-0.4, -0.2) is 41.6 Å². The molecule has 3 aliphatic heterocycles. The Morgan fingerprint density at radius 3 is 2.71 bits per heavy atom. The van der Waals surface area contributed by atoms with Crippen molar-refractivity contribution in [2.45, 2.75) is 30.7 Å². The molecular weight excluding hydrogens is 270 g/mol. The van der Waals surface area contributed by atoms with Gasteiger partial charge in [0.1, 0.15) is 12.7 Å². The van der Waals surface area contributed by atoms with E-state index in [1.807, 2.05) is 30.3 Å². The Hall–Kier alpha value is -2.14. The summed E-state index contributed by atoms with van der Waals surface area (Å²) in [7, 11) is 0. The number of cyclic esters (lactones) is 1. The zero-order chi connectivity index (χ0) is 14.4. The van der Waals surface area contributed by atoms with Crippen LogP contribution >= 0.6 is 0 Å². The van der Waals surface area contributed by atoms with Gasteiger partial charge >= 0.3 is 6.09 Å². The van der Waals surface area contributed by atoms with E-state index < -0.39 is 6.10 Å². The summed E-state index contributed by atoms with van der Waals surface area (Å²) >= 11 is 0. The molecule has 0 aliphatic carbocycles. The van der Waals surface area contributed by atoms with E-state index in [1.165, 1.54) is 0 Å². The molecule has 0 aromatic heterocycles. The van der Waals surface area contributed by atoms with E-state index in [9.17, 15) is 9.59 Å². The zero-order valence-corrected chi connectivity index (χ0v) is 11.3. The van der Waals surface area contributed by atoms with Gasteiger partial charge in [-0.05, 0) is 11.6 Å². The van der Waals surface area contributed by atoms with Crippen LogP contribution in [0, 0.1) is 0 Å². The van der Waals surface area contributed by atoms with E-state index in [0.29, 0.717) is 13.0 Å². The third-order valence-electron chi connectivity index (χ3n) is 4.38. The third kappa shape index (κ3) is 1.96. The van der Waals surface area contributed by atoms with Crippen LogP contribution in [0.5, 0.6) is 0 Å². The molecule has 3 aliphatic rings. The number of ether oxygens (including phenoxy) is 2. The van der Waals surface area contributed by atoms with Gasteiger partial charge in [-0.2, -0.15) is 0 Å². The summed E-state index contributed by atoms with van der Waals surface area (Å²) in [5.41, 5.74) is 1.04. The molecule has 5 nitrogen and oxygen atoms in total. The van der Waals surface area contributed by atoms with Gasteiger partial charge in [0, 0.05) is 6.42 Å².